The van der Waals surface area contributed by atoms with Crippen molar-refractivity contribution < 1.29 is 53.7 Å². The topological polar surface area (TPSA) is 99.1 Å². The molecule has 0 amide bonds. The van der Waals surface area contributed by atoms with Gasteiger partial charge in [-0.2, -0.15) is 26.3 Å². The maximum Gasteiger partial charge on any atom is 0.369 e. The summed E-state index contributed by atoms with van der Waals surface area (Å²) in [5, 5.41) is 0. The summed E-state index contributed by atoms with van der Waals surface area (Å²) in [6.45, 7) is -1.85. The van der Waals surface area contributed by atoms with Gasteiger partial charge in [-0.25, -0.2) is 0 Å². The van der Waals surface area contributed by atoms with E-state index in [-0.39, 0.29) is 0 Å². The maximum atomic E-state index is 12.1. The molecule has 0 aromatic heterocycles. The number of rotatable bonds is 8. The van der Waals surface area contributed by atoms with Crippen molar-refractivity contribution in [1.82, 2.24) is 0 Å². The Bertz CT molecular complexity index is 339. The van der Waals surface area contributed by atoms with Crippen molar-refractivity contribution in [3.8, 4) is 0 Å². The van der Waals surface area contributed by atoms with Crippen LogP contribution in [0.1, 0.15) is 0 Å². The van der Waals surface area contributed by atoms with E-state index in [4.69, 9.17) is 17.2 Å². The van der Waals surface area contributed by atoms with Crippen LogP contribution in [0.5, 0.6) is 0 Å². The molecule has 0 aliphatic heterocycles. The summed E-state index contributed by atoms with van der Waals surface area (Å²) in [5.74, 6) is 0. The SMILES string of the molecule is COC(F)(F)C([NH-])F.[NH-]C(F)C(F)(F)OCOC(F)(F)C([NH-])F.[Rf].[Rf].[Rf].[Rf].[Rf].[Rf].[Rf].[Rf].[Rf]. The number of ether oxygens (including phenoxy) is 3. The van der Waals surface area contributed by atoms with E-state index >= 15 is 0 Å². The summed E-state index contributed by atoms with van der Waals surface area (Å²) < 4.78 is 115. The summed E-state index contributed by atoms with van der Waals surface area (Å²) in [6.07, 6.45) is -23.2. The molecule has 3 unspecified atom stereocenters. The van der Waals surface area contributed by atoms with E-state index in [0.717, 1.165) is 0 Å². The van der Waals surface area contributed by atoms with Crippen LogP contribution in [0, 0.1) is 0 Å². The smallest absolute Gasteiger partial charge is 0.369 e. The number of alkyl halides is 9. The number of nitrogens with one attached hydrogen (secondary N) is 3. The van der Waals surface area contributed by atoms with Gasteiger partial charge in [-0.3, -0.25) is 22.6 Å². The Morgan fingerprint density at radius 3 is 0.812 bits per heavy atom. The van der Waals surface area contributed by atoms with Gasteiger partial charge in [0.05, 0.1) is 0 Å². The summed E-state index contributed by atoms with van der Waals surface area (Å²) in [6, 6.07) is 0. The molecule has 0 radical (unpaired) electrons. The molecular formula is C8H11F9N3O3Rf9-3. The molecule has 0 heterocycles. The normalized spacial score (nSPS) is 12.3. The second kappa shape index (κ2) is 19.2. The number of methoxy groups -OCH3 is 1. The quantitative estimate of drug-likeness (QED) is 0.205. The van der Waals surface area contributed by atoms with Crippen LogP contribution in [0.2, 0.25) is 0 Å². The standard InChI is InChI=1S/C5H6F6N2O2.C3H5F3NO.9Rf/c6-2(12)4(8,9)14-1-15-5(10,11)3(7)13;1-8-3(5,6)2(4)7;;;;;;;;;/h2-3,12-13H,1H2;2,7H,1H3;;;;;;;;;/q-2;-1;;;;;;;;;. The van der Waals surface area contributed by atoms with Crippen molar-refractivity contribution >= 4 is 0 Å². The van der Waals surface area contributed by atoms with Crippen LogP contribution in [0.3, 0.4) is 0 Å². The average molecular weight is 2770 g/mol. The Morgan fingerprint density at radius 2 is 0.719 bits per heavy atom. The third-order valence-corrected chi connectivity index (χ3v) is 1.66. The van der Waals surface area contributed by atoms with E-state index in [2.05, 4.69) is 14.2 Å². The van der Waals surface area contributed by atoms with Crippen molar-refractivity contribution in [1.29, 1.82) is 0 Å². The largest absolute Gasteiger partial charge is 0.640 e. The van der Waals surface area contributed by atoms with Crippen LogP contribution in [-0.4, -0.2) is 51.1 Å². The van der Waals surface area contributed by atoms with Gasteiger partial charge in [-0.15, -0.1) is 0 Å². The molecule has 0 saturated heterocycles. The van der Waals surface area contributed by atoms with E-state index in [1.54, 1.807) is 0 Å². The molecule has 0 spiro atoms. The second-order valence-electron chi connectivity index (χ2n) is 3.38. The molecular weight excluding hydrogens is 2760 g/mol. The minimum atomic E-state index is -4.64. The van der Waals surface area contributed by atoms with Gasteiger partial charge >= 0.3 is 18.3 Å². The molecule has 0 aromatic rings. The van der Waals surface area contributed by atoms with Crippen molar-refractivity contribution in [2.75, 3.05) is 13.9 Å². The maximum absolute atomic E-state index is 12.1. The minimum absolute atomic E-state index is 0. The second-order valence-corrected chi connectivity index (χ2v) is 3.38. The van der Waals surface area contributed by atoms with E-state index in [1.165, 1.54) is 0 Å². The zero-order valence-corrected chi connectivity index (χ0v) is 75.0. The van der Waals surface area contributed by atoms with Crippen molar-refractivity contribution in [2.45, 2.75) is 37.2 Å². The van der Waals surface area contributed by atoms with E-state index in [0.29, 0.717) is 7.11 Å². The minimum Gasteiger partial charge on any atom is -0.640 e. The predicted molar refractivity (Wildman–Crippen MR) is 56.5 cm³/mol. The molecule has 160 valence electrons. The third kappa shape index (κ3) is 20.1. The number of hydrogen-bond acceptors (Lipinski definition) is 3. The van der Waals surface area contributed by atoms with E-state index in [1.807, 2.05) is 0 Å². The van der Waals surface area contributed by atoms with Crippen LogP contribution >= 0.6 is 0 Å². The van der Waals surface area contributed by atoms with E-state index < -0.39 is 44.0 Å². The van der Waals surface area contributed by atoms with Crippen LogP contribution in [-0.2, 0) is 14.2 Å². The molecule has 0 rings (SSSR count). The van der Waals surface area contributed by atoms with Gasteiger partial charge in [-0.05, 0) is 0 Å². The zero-order chi connectivity index (χ0) is 19.1. The summed E-state index contributed by atoms with van der Waals surface area (Å²) >= 11 is 0. The first kappa shape index (κ1) is 79.8. The molecule has 0 saturated carbocycles. The van der Waals surface area contributed by atoms with Crippen LogP contribution in [0.25, 0.3) is 17.2 Å². The third-order valence-electron chi connectivity index (χ3n) is 1.66. The summed E-state index contributed by atoms with van der Waals surface area (Å²) in [4.78, 5) is 0. The van der Waals surface area contributed by atoms with Crippen molar-refractivity contribution in [3.63, 3.8) is 0 Å². The molecule has 0 bridgehead atoms. The fourth-order valence-electron chi connectivity index (χ4n) is 0.436. The first-order valence-corrected chi connectivity index (χ1v) is 5.12. The fraction of sp³-hybridized carbons (Fsp3) is 1.00. The van der Waals surface area contributed by atoms with Crippen LogP contribution in [0.4, 0.5) is 39.5 Å². The molecule has 0 aromatic carbocycles. The predicted octanol–water partition coefficient (Wildman–Crippen LogP) is 4.43. The zero-order valence-electron chi connectivity index (χ0n) is 17.4. The van der Waals surface area contributed by atoms with Gasteiger partial charge < -0.3 is 21.9 Å². The van der Waals surface area contributed by atoms with Crippen molar-refractivity contribution in [2.24, 2.45) is 0 Å². The van der Waals surface area contributed by atoms with Gasteiger partial charge in [0.2, 0.25) is 0 Å². The molecule has 3 N–H and O–H groups in total. The molecule has 0 aliphatic rings. The molecule has 6 nitrogen and oxygen atoms in total. The number of halogens is 9. The van der Waals surface area contributed by atoms with E-state index in [9.17, 15) is 39.5 Å². The van der Waals surface area contributed by atoms with Gasteiger partial charge in [0.25, 0.3) is 0 Å². The summed E-state index contributed by atoms with van der Waals surface area (Å²) in [7, 11) is 0.640. The Labute approximate surface area is 123 Å². The van der Waals surface area contributed by atoms with Crippen LogP contribution < -0.4 is 0 Å². The Kier molecular flexibility index (Phi) is 47.8. The van der Waals surface area contributed by atoms with Gasteiger partial charge in [0.15, 0.2) is 6.79 Å². The monoisotopic (exact) mass is 2770 g/mol. The number of hydrogen-bond donors (Lipinski definition) is 0. The first-order chi connectivity index (χ1) is 10.1. The fourth-order valence-corrected chi connectivity index (χ4v) is 0.436. The van der Waals surface area contributed by atoms with Gasteiger partial charge in [-0.1, -0.05) is 0 Å². The molecule has 3 atom stereocenters. The Morgan fingerprint density at radius 1 is 0.531 bits per heavy atom. The first-order valence-electron chi connectivity index (χ1n) is 5.12. The Balaban J connectivity index is -0.0000000260. The average Bonchev–Trinajstić information content (AvgIpc) is 2.38. The Hall–Kier alpha value is -9.87. The summed E-state index contributed by atoms with van der Waals surface area (Å²) in [5.41, 5.74) is 17.6. The molecule has 0 fully saturated rings. The van der Waals surface area contributed by atoms with Gasteiger partial charge in [0.1, 0.15) is 18.9 Å². The molecule has 32 heavy (non-hydrogen) atoms. The van der Waals surface area contributed by atoms with Crippen molar-refractivity contribution in [3.05, 3.63) is 17.2 Å². The van der Waals surface area contributed by atoms with Crippen LogP contribution in [0.15, 0.2) is 0 Å². The molecule has 24 heteroatoms. The molecule has 0 aliphatic carbocycles. The van der Waals surface area contributed by atoms with Gasteiger partial charge in [0, 0.05) is 7.11 Å².